The second-order valence-electron chi connectivity index (χ2n) is 7.29. The van der Waals surface area contributed by atoms with Gasteiger partial charge in [0.2, 0.25) is 0 Å². The van der Waals surface area contributed by atoms with E-state index in [1.165, 1.54) is 13.2 Å². The Morgan fingerprint density at radius 2 is 1.44 bits per heavy atom. The van der Waals surface area contributed by atoms with E-state index in [1.54, 1.807) is 24.3 Å². The van der Waals surface area contributed by atoms with Crippen LogP contribution in [0.1, 0.15) is 32.7 Å². The summed E-state index contributed by atoms with van der Waals surface area (Å²) < 4.78 is 78.7. The van der Waals surface area contributed by atoms with Crippen molar-refractivity contribution in [3.8, 4) is 11.1 Å². The van der Waals surface area contributed by atoms with Crippen molar-refractivity contribution >= 4 is 5.91 Å². The second-order valence-corrected chi connectivity index (χ2v) is 7.29. The van der Waals surface area contributed by atoms with Gasteiger partial charge >= 0.3 is 12.4 Å². The quantitative estimate of drug-likeness (QED) is 0.431. The highest BCUT2D eigenvalue weighted by atomic mass is 19.4. The maximum Gasteiger partial charge on any atom is 0.416 e. The fourth-order valence-electron chi connectivity index (χ4n) is 3.31. The topological polar surface area (TPSA) is 33.2 Å². The van der Waals surface area contributed by atoms with E-state index >= 15 is 0 Å². The van der Waals surface area contributed by atoms with Gasteiger partial charge in [-0.3, -0.25) is 9.78 Å². The Kier molecular flexibility index (Phi) is 6.29. The van der Waals surface area contributed by atoms with Crippen molar-refractivity contribution in [2.45, 2.75) is 25.8 Å². The average Bonchev–Trinajstić information content (AvgIpc) is 2.72. The molecule has 0 saturated carbocycles. The summed E-state index contributed by atoms with van der Waals surface area (Å²) >= 11 is 0. The molecule has 1 aromatic heterocycles. The number of aryl methyl sites for hydroxylation is 1. The van der Waals surface area contributed by atoms with Crippen LogP contribution in [0.4, 0.5) is 26.3 Å². The summed E-state index contributed by atoms with van der Waals surface area (Å²) in [6.07, 6.45) is -8.52. The summed E-state index contributed by atoms with van der Waals surface area (Å²) in [6, 6.07) is 11.9. The van der Waals surface area contributed by atoms with E-state index in [-0.39, 0.29) is 17.3 Å². The molecule has 3 aromatic rings. The fraction of sp³-hybridized carbons (Fsp3) is 0.217. The number of carbonyl (C=O) groups excluding carboxylic acids is 1. The second kappa shape index (κ2) is 8.64. The van der Waals surface area contributed by atoms with E-state index in [0.29, 0.717) is 17.7 Å². The van der Waals surface area contributed by atoms with Gasteiger partial charge in [-0.15, -0.1) is 0 Å². The molecule has 0 aliphatic carbocycles. The Morgan fingerprint density at radius 3 is 2.00 bits per heavy atom. The lowest BCUT2D eigenvalue weighted by Crippen LogP contribution is -2.28. The lowest BCUT2D eigenvalue weighted by molar-refractivity contribution is -0.143. The van der Waals surface area contributed by atoms with Gasteiger partial charge < -0.3 is 4.90 Å². The molecule has 0 aliphatic rings. The SMILES string of the molecule is Cc1ccccc1-c1cccnc1C(=O)N(C)Cc1cc(C(F)(F)F)cc(C(F)(F)F)c1. The predicted octanol–water partition coefficient (Wildman–Crippen LogP) is 6.37. The Morgan fingerprint density at radius 1 is 0.875 bits per heavy atom. The summed E-state index contributed by atoms with van der Waals surface area (Å²) in [6.45, 7) is 1.39. The minimum absolute atomic E-state index is 0.0484. The van der Waals surface area contributed by atoms with Crippen LogP contribution >= 0.6 is 0 Å². The van der Waals surface area contributed by atoms with Crippen molar-refractivity contribution < 1.29 is 31.1 Å². The first kappa shape index (κ1) is 23.3. The normalized spacial score (nSPS) is 12.0. The fourth-order valence-corrected chi connectivity index (χ4v) is 3.31. The summed E-state index contributed by atoms with van der Waals surface area (Å²) in [7, 11) is 1.30. The summed E-state index contributed by atoms with van der Waals surface area (Å²) in [4.78, 5) is 18.2. The Labute approximate surface area is 180 Å². The Balaban J connectivity index is 1.96. The van der Waals surface area contributed by atoms with Gasteiger partial charge in [-0.1, -0.05) is 30.3 Å². The van der Waals surface area contributed by atoms with E-state index in [2.05, 4.69) is 4.98 Å². The minimum atomic E-state index is -4.96. The largest absolute Gasteiger partial charge is 0.416 e. The van der Waals surface area contributed by atoms with Crippen LogP contribution in [0.3, 0.4) is 0 Å². The van der Waals surface area contributed by atoms with Gasteiger partial charge in [0.1, 0.15) is 5.69 Å². The molecular weight excluding hydrogens is 434 g/mol. The molecule has 168 valence electrons. The lowest BCUT2D eigenvalue weighted by atomic mass is 9.98. The van der Waals surface area contributed by atoms with Crippen LogP contribution in [0.2, 0.25) is 0 Å². The van der Waals surface area contributed by atoms with Crippen molar-refractivity contribution in [2.75, 3.05) is 7.05 Å². The smallest absolute Gasteiger partial charge is 0.336 e. The molecule has 0 aliphatic heterocycles. The van der Waals surface area contributed by atoms with Gasteiger partial charge in [-0.2, -0.15) is 26.3 Å². The first-order chi connectivity index (χ1) is 14.9. The number of rotatable bonds is 4. The molecule has 0 atom stereocenters. The van der Waals surface area contributed by atoms with Crippen LogP contribution in [-0.2, 0) is 18.9 Å². The maximum atomic E-state index is 13.1. The number of hydrogen-bond donors (Lipinski definition) is 0. The van der Waals surface area contributed by atoms with Gasteiger partial charge in [-0.05, 0) is 47.9 Å². The number of aromatic nitrogens is 1. The molecule has 3 nitrogen and oxygen atoms in total. The molecule has 0 spiro atoms. The van der Waals surface area contributed by atoms with Crippen molar-refractivity contribution in [1.82, 2.24) is 9.88 Å². The van der Waals surface area contributed by atoms with Crippen LogP contribution in [0.5, 0.6) is 0 Å². The monoisotopic (exact) mass is 452 g/mol. The van der Waals surface area contributed by atoms with E-state index in [9.17, 15) is 31.1 Å². The number of benzene rings is 2. The van der Waals surface area contributed by atoms with E-state index in [4.69, 9.17) is 0 Å². The third kappa shape index (κ3) is 5.09. The molecule has 1 heterocycles. The highest BCUT2D eigenvalue weighted by Gasteiger charge is 2.37. The zero-order valence-electron chi connectivity index (χ0n) is 17.1. The van der Waals surface area contributed by atoms with E-state index in [1.807, 2.05) is 19.1 Å². The van der Waals surface area contributed by atoms with Crippen LogP contribution in [-0.4, -0.2) is 22.8 Å². The molecule has 0 N–H and O–H groups in total. The summed E-state index contributed by atoms with van der Waals surface area (Å²) in [5.74, 6) is -0.630. The first-order valence-corrected chi connectivity index (χ1v) is 9.43. The molecule has 0 fully saturated rings. The molecule has 2 aromatic carbocycles. The number of pyridine rings is 1. The van der Waals surface area contributed by atoms with E-state index < -0.39 is 35.9 Å². The molecule has 3 rings (SSSR count). The van der Waals surface area contributed by atoms with Crippen LogP contribution in [0.15, 0.2) is 60.8 Å². The third-order valence-electron chi connectivity index (χ3n) is 4.86. The molecule has 1 amide bonds. The van der Waals surface area contributed by atoms with Gasteiger partial charge in [0, 0.05) is 25.4 Å². The Bertz CT molecular complexity index is 1110. The van der Waals surface area contributed by atoms with Crippen molar-refractivity contribution in [2.24, 2.45) is 0 Å². The standard InChI is InChI=1S/C23H18F6N2O/c1-14-6-3-4-7-18(14)19-8-5-9-30-20(19)21(32)31(2)13-15-10-16(22(24,25)26)12-17(11-15)23(27,28)29/h3-12H,13H2,1-2H3. The number of carbonyl (C=O) groups is 1. The highest BCUT2D eigenvalue weighted by molar-refractivity contribution is 5.99. The van der Waals surface area contributed by atoms with Gasteiger partial charge in [0.05, 0.1) is 11.1 Å². The van der Waals surface area contributed by atoms with E-state index in [0.717, 1.165) is 16.0 Å². The molecule has 0 unspecified atom stereocenters. The Hall–Kier alpha value is -3.36. The number of hydrogen-bond acceptors (Lipinski definition) is 2. The van der Waals surface area contributed by atoms with Crippen LogP contribution in [0.25, 0.3) is 11.1 Å². The highest BCUT2D eigenvalue weighted by Crippen LogP contribution is 2.36. The lowest BCUT2D eigenvalue weighted by Gasteiger charge is -2.21. The van der Waals surface area contributed by atoms with Crippen molar-refractivity contribution in [3.63, 3.8) is 0 Å². The number of amides is 1. The van der Waals surface area contributed by atoms with Crippen LogP contribution in [0, 0.1) is 6.92 Å². The van der Waals surface area contributed by atoms with Gasteiger partial charge in [0.25, 0.3) is 5.91 Å². The average molecular weight is 452 g/mol. The molecule has 0 saturated heterocycles. The number of halogens is 6. The molecule has 9 heteroatoms. The van der Waals surface area contributed by atoms with Crippen LogP contribution < -0.4 is 0 Å². The predicted molar refractivity (Wildman–Crippen MR) is 107 cm³/mol. The zero-order valence-corrected chi connectivity index (χ0v) is 17.1. The molecule has 0 radical (unpaired) electrons. The molecule has 32 heavy (non-hydrogen) atoms. The summed E-state index contributed by atoms with van der Waals surface area (Å²) in [5, 5.41) is 0. The van der Waals surface area contributed by atoms with Crippen molar-refractivity contribution in [3.05, 3.63) is 88.7 Å². The van der Waals surface area contributed by atoms with Gasteiger partial charge in [-0.25, -0.2) is 0 Å². The van der Waals surface area contributed by atoms with Gasteiger partial charge in [0.15, 0.2) is 0 Å². The zero-order chi connectivity index (χ0) is 23.7. The maximum absolute atomic E-state index is 13.1. The number of nitrogens with zero attached hydrogens (tertiary/aromatic N) is 2. The molecule has 0 bridgehead atoms. The summed E-state index contributed by atoms with van der Waals surface area (Å²) in [5.41, 5.74) is -0.963. The number of alkyl halides is 6. The minimum Gasteiger partial charge on any atom is -0.336 e. The third-order valence-corrected chi connectivity index (χ3v) is 4.86. The molecular formula is C23H18F6N2O. The first-order valence-electron chi connectivity index (χ1n) is 9.43. The van der Waals surface area contributed by atoms with Crippen molar-refractivity contribution in [1.29, 1.82) is 0 Å².